The van der Waals surface area contributed by atoms with E-state index in [0.29, 0.717) is 11.3 Å². The lowest BCUT2D eigenvalue weighted by molar-refractivity contribution is -0.144. The first-order valence-electron chi connectivity index (χ1n) is 5.12. The fraction of sp³-hybridized carbons (Fsp3) is 0.0769. The van der Waals surface area contributed by atoms with E-state index in [1.165, 1.54) is 12.4 Å². The first-order valence-corrected chi connectivity index (χ1v) is 5.12. The van der Waals surface area contributed by atoms with Crippen molar-refractivity contribution in [2.24, 2.45) is 0 Å². The molecule has 1 heterocycles. The molecule has 1 aromatic heterocycles. The van der Waals surface area contributed by atoms with Crippen molar-refractivity contribution < 1.29 is 14.6 Å². The molecule has 0 aliphatic heterocycles. The molecule has 2 rings (SSSR count). The molecule has 0 spiro atoms. The Kier molecular flexibility index (Phi) is 3.47. The second-order valence-electron chi connectivity index (χ2n) is 3.42. The molecule has 4 heteroatoms. The molecule has 17 heavy (non-hydrogen) atoms. The van der Waals surface area contributed by atoms with E-state index >= 15 is 0 Å². The van der Waals surface area contributed by atoms with Crippen LogP contribution in [-0.2, 0) is 4.79 Å². The lowest BCUT2D eigenvalue weighted by Gasteiger charge is -2.10. The van der Waals surface area contributed by atoms with Crippen LogP contribution < -0.4 is 4.74 Å². The SMILES string of the molecule is O=C(Oc1ccccc1)C(O)c1ccncc1. The van der Waals surface area contributed by atoms with Crippen molar-refractivity contribution in [3.05, 3.63) is 60.4 Å². The number of esters is 1. The summed E-state index contributed by atoms with van der Waals surface area (Å²) in [6.45, 7) is 0. The molecule has 86 valence electrons. The van der Waals surface area contributed by atoms with Crippen molar-refractivity contribution in [2.75, 3.05) is 0 Å². The predicted molar refractivity (Wildman–Crippen MR) is 61.3 cm³/mol. The van der Waals surface area contributed by atoms with Crippen molar-refractivity contribution in [3.63, 3.8) is 0 Å². The molecule has 0 aliphatic carbocycles. The van der Waals surface area contributed by atoms with Gasteiger partial charge < -0.3 is 9.84 Å². The van der Waals surface area contributed by atoms with Crippen LogP contribution in [-0.4, -0.2) is 16.1 Å². The standard InChI is InChI=1S/C13H11NO3/c15-12(10-6-8-14-9-7-10)13(16)17-11-4-2-1-3-5-11/h1-9,12,15H. The maximum atomic E-state index is 11.6. The summed E-state index contributed by atoms with van der Waals surface area (Å²) in [5, 5.41) is 9.75. The Morgan fingerprint density at radius 1 is 1.12 bits per heavy atom. The fourth-order valence-electron chi connectivity index (χ4n) is 1.34. The second kappa shape index (κ2) is 5.23. The smallest absolute Gasteiger partial charge is 0.345 e. The van der Waals surface area contributed by atoms with E-state index in [4.69, 9.17) is 4.74 Å². The maximum Gasteiger partial charge on any atom is 0.345 e. The van der Waals surface area contributed by atoms with Gasteiger partial charge in [-0.05, 0) is 29.8 Å². The number of carbonyl (C=O) groups excluding carboxylic acids is 1. The zero-order chi connectivity index (χ0) is 12.1. The predicted octanol–water partition coefficient (Wildman–Crippen LogP) is 1.72. The van der Waals surface area contributed by atoms with Gasteiger partial charge in [0.1, 0.15) is 5.75 Å². The number of aromatic nitrogens is 1. The van der Waals surface area contributed by atoms with E-state index in [1.54, 1.807) is 36.4 Å². The van der Waals surface area contributed by atoms with Gasteiger partial charge in [0.15, 0.2) is 6.10 Å². The van der Waals surface area contributed by atoms with Crippen LogP contribution in [0, 0.1) is 0 Å². The number of carbonyl (C=O) groups is 1. The highest BCUT2D eigenvalue weighted by atomic mass is 16.5. The summed E-state index contributed by atoms with van der Waals surface area (Å²) >= 11 is 0. The van der Waals surface area contributed by atoms with Crippen molar-refractivity contribution >= 4 is 5.97 Å². The quantitative estimate of drug-likeness (QED) is 0.643. The number of aliphatic hydroxyl groups excluding tert-OH is 1. The van der Waals surface area contributed by atoms with Crippen LogP contribution in [0.15, 0.2) is 54.9 Å². The van der Waals surface area contributed by atoms with Crippen LogP contribution in [0.1, 0.15) is 11.7 Å². The Hall–Kier alpha value is -2.20. The molecule has 0 saturated heterocycles. The van der Waals surface area contributed by atoms with Gasteiger partial charge in [-0.3, -0.25) is 4.98 Å². The van der Waals surface area contributed by atoms with E-state index in [1.807, 2.05) is 6.07 Å². The van der Waals surface area contributed by atoms with Gasteiger partial charge in [-0.1, -0.05) is 18.2 Å². The summed E-state index contributed by atoms with van der Waals surface area (Å²) < 4.78 is 5.02. The minimum atomic E-state index is -1.29. The van der Waals surface area contributed by atoms with Crippen LogP contribution in [0.2, 0.25) is 0 Å². The van der Waals surface area contributed by atoms with Crippen molar-refractivity contribution in [1.29, 1.82) is 0 Å². The Morgan fingerprint density at radius 2 is 1.76 bits per heavy atom. The lowest BCUT2D eigenvalue weighted by atomic mass is 10.1. The Labute approximate surface area is 98.5 Å². The Morgan fingerprint density at radius 3 is 2.41 bits per heavy atom. The largest absolute Gasteiger partial charge is 0.424 e. The highest BCUT2D eigenvalue weighted by Crippen LogP contribution is 2.16. The van der Waals surface area contributed by atoms with Crippen LogP contribution >= 0.6 is 0 Å². The fourth-order valence-corrected chi connectivity index (χ4v) is 1.34. The molecule has 2 aromatic rings. The molecular weight excluding hydrogens is 218 g/mol. The molecule has 1 unspecified atom stereocenters. The number of ether oxygens (including phenoxy) is 1. The molecule has 0 amide bonds. The average Bonchev–Trinajstić information content (AvgIpc) is 2.40. The number of hydrogen-bond donors (Lipinski definition) is 1. The third-order valence-corrected chi connectivity index (χ3v) is 2.21. The molecule has 1 aromatic carbocycles. The maximum absolute atomic E-state index is 11.6. The van der Waals surface area contributed by atoms with Crippen LogP contribution in [0.25, 0.3) is 0 Å². The summed E-state index contributed by atoms with van der Waals surface area (Å²) in [7, 11) is 0. The van der Waals surface area contributed by atoms with Crippen molar-refractivity contribution in [3.8, 4) is 5.75 Å². The van der Waals surface area contributed by atoms with Crippen LogP contribution in [0.3, 0.4) is 0 Å². The average molecular weight is 229 g/mol. The summed E-state index contributed by atoms with van der Waals surface area (Å²) in [5.74, 6) is -0.298. The molecule has 0 aliphatic rings. The summed E-state index contributed by atoms with van der Waals surface area (Å²) in [5.41, 5.74) is 0.459. The molecule has 1 N–H and O–H groups in total. The Bertz CT molecular complexity index is 485. The van der Waals surface area contributed by atoms with Gasteiger partial charge in [-0.25, -0.2) is 4.79 Å². The van der Waals surface area contributed by atoms with Gasteiger partial charge in [0.25, 0.3) is 0 Å². The van der Waals surface area contributed by atoms with Crippen molar-refractivity contribution in [2.45, 2.75) is 6.10 Å². The van der Waals surface area contributed by atoms with Gasteiger partial charge in [0, 0.05) is 12.4 Å². The number of para-hydroxylation sites is 1. The lowest BCUT2D eigenvalue weighted by Crippen LogP contribution is -2.18. The summed E-state index contributed by atoms with van der Waals surface area (Å²) in [4.78, 5) is 15.4. The molecule has 0 bridgehead atoms. The van der Waals surface area contributed by atoms with E-state index < -0.39 is 12.1 Å². The minimum Gasteiger partial charge on any atom is -0.424 e. The van der Waals surface area contributed by atoms with Crippen molar-refractivity contribution in [1.82, 2.24) is 4.98 Å². The monoisotopic (exact) mass is 229 g/mol. The normalized spacial score (nSPS) is 11.8. The molecule has 0 fully saturated rings. The number of aliphatic hydroxyl groups is 1. The van der Waals surface area contributed by atoms with Crippen LogP contribution in [0.5, 0.6) is 5.75 Å². The highest BCUT2D eigenvalue weighted by Gasteiger charge is 2.19. The summed E-state index contributed by atoms with van der Waals surface area (Å²) in [6.07, 6.45) is 1.72. The zero-order valence-corrected chi connectivity index (χ0v) is 8.98. The number of nitrogens with zero attached hydrogens (tertiary/aromatic N) is 1. The molecular formula is C13H11NO3. The van der Waals surface area contributed by atoms with E-state index in [0.717, 1.165) is 0 Å². The first-order chi connectivity index (χ1) is 8.27. The number of hydrogen-bond acceptors (Lipinski definition) is 4. The molecule has 0 saturated carbocycles. The number of benzene rings is 1. The topological polar surface area (TPSA) is 59.4 Å². The van der Waals surface area contributed by atoms with Gasteiger partial charge in [-0.15, -0.1) is 0 Å². The van der Waals surface area contributed by atoms with Gasteiger partial charge >= 0.3 is 5.97 Å². The van der Waals surface area contributed by atoms with Gasteiger partial charge in [-0.2, -0.15) is 0 Å². The third-order valence-electron chi connectivity index (χ3n) is 2.21. The first kappa shape index (κ1) is 11.3. The molecule has 4 nitrogen and oxygen atoms in total. The number of rotatable bonds is 3. The van der Waals surface area contributed by atoms with E-state index in [2.05, 4.69) is 4.98 Å². The van der Waals surface area contributed by atoms with E-state index in [9.17, 15) is 9.90 Å². The van der Waals surface area contributed by atoms with Gasteiger partial charge in [0.2, 0.25) is 0 Å². The highest BCUT2D eigenvalue weighted by molar-refractivity contribution is 5.78. The molecule has 0 radical (unpaired) electrons. The van der Waals surface area contributed by atoms with Crippen LogP contribution in [0.4, 0.5) is 0 Å². The number of pyridine rings is 1. The minimum absolute atomic E-state index is 0.408. The summed E-state index contributed by atoms with van der Waals surface area (Å²) in [6, 6.07) is 11.8. The zero-order valence-electron chi connectivity index (χ0n) is 8.98. The van der Waals surface area contributed by atoms with E-state index in [-0.39, 0.29) is 0 Å². The third kappa shape index (κ3) is 2.89. The second-order valence-corrected chi connectivity index (χ2v) is 3.42. The Balaban J connectivity index is 2.06. The molecule has 1 atom stereocenters. The van der Waals surface area contributed by atoms with Gasteiger partial charge in [0.05, 0.1) is 0 Å².